The van der Waals surface area contributed by atoms with Crippen LogP contribution in [0.15, 0.2) is 65.8 Å². The average molecular weight is 331 g/mol. The lowest BCUT2D eigenvalue weighted by molar-refractivity contribution is -0.537. The van der Waals surface area contributed by atoms with Crippen LogP contribution < -0.4 is 0 Å². The third-order valence-corrected chi connectivity index (χ3v) is 5.09. The number of nitrogens with zero attached hydrogens (tertiary/aromatic N) is 3. The van der Waals surface area contributed by atoms with Crippen molar-refractivity contribution < 1.29 is 4.74 Å². The number of para-hydroxylation sites is 1. The molecule has 0 radical (unpaired) electrons. The Morgan fingerprint density at radius 2 is 1.76 bits per heavy atom. The predicted molar refractivity (Wildman–Crippen MR) is 102 cm³/mol. The van der Waals surface area contributed by atoms with E-state index in [0.29, 0.717) is 12.1 Å². The second-order valence-corrected chi connectivity index (χ2v) is 6.71. The number of aryl methyl sites for hydroxylation is 1. The molecule has 0 aliphatic carbocycles. The van der Waals surface area contributed by atoms with Gasteiger partial charge in [0.1, 0.15) is 5.71 Å². The largest absolute Gasteiger partial charge is 0.622 e. The first kappa shape index (κ1) is 15.6. The Kier molecular flexibility index (Phi) is 3.49. The van der Waals surface area contributed by atoms with Crippen molar-refractivity contribution in [2.45, 2.75) is 25.9 Å². The van der Waals surface area contributed by atoms with Gasteiger partial charge >= 0.3 is 0 Å². The van der Waals surface area contributed by atoms with Crippen LogP contribution >= 0.6 is 0 Å². The Labute approximate surface area is 147 Å². The summed E-state index contributed by atoms with van der Waals surface area (Å²) in [5, 5.41) is 14.3. The second-order valence-electron chi connectivity index (χ2n) is 6.71. The lowest BCUT2D eigenvalue weighted by Crippen LogP contribution is -2.33. The van der Waals surface area contributed by atoms with Crippen LogP contribution in [-0.2, 0) is 7.05 Å². The smallest absolute Gasteiger partial charge is 0.263 e. The van der Waals surface area contributed by atoms with Gasteiger partial charge in [-0.1, -0.05) is 55.5 Å². The van der Waals surface area contributed by atoms with Crippen molar-refractivity contribution in [1.29, 1.82) is 0 Å². The van der Waals surface area contributed by atoms with E-state index in [1.54, 1.807) is 0 Å². The molecule has 4 nitrogen and oxygen atoms in total. The van der Waals surface area contributed by atoms with Crippen LogP contribution in [0.3, 0.4) is 0 Å². The van der Waals surface area contributed by atoms with Gasteiger partial charge in [0.25, 0.3) is 5.66 Å². The number of hydrogen-bond donors (Lipinski definition) is 0. The molecular formula is C21H21N3O. The van der Waals surface area contributed by atoms with Crippen molar-refractivity contribution >= 4 is 22.3 Å². The van der Waals surface area contributed by atoms with Crippen molar-refractivity contribution in [3.8, 4) is 0 Å². The number of fused-ring (bicyclic) bond motifs is 1. The fourth-order valence-corrected chi connectivity index (χ4v) is 3.46. The van der Waals surface area contributed by atoms with Crippen molar-refractivity contribution in [2.75, 3.05) is 0 Å². The molecule has 126 valence electrons. The van der Waals surface area contributed by atoms with E-state index >= 15 is 0 Å². The summed E-state index contributed by atoms with van der Waals surface area (Å²) in [5.41, 5.74) is 3.69. The van der Waals surface area contributed by atoms with Crippen LogP contribution in [0, 0.1) is 5.21 Å². The maximum atomic E-state index is 13.3. The molecule has 1 aromatic heterocycles. The number of benzene rings is 2. The predicted octanol–water partition coefficient (Wildman–Crippen LogP) is 4.11. The number of hydrogen-bond acceptors (Lipinski definition) is 2. The highest BCUT2D eigenvalue weighted by Gasteiger charge is 2.43. The molecule has 2 aromatic carbocycles. The van der Waals surface area contributed by atoms with Crippen LogP contribution in [-0.4, -0.2) is 26.4 Å². The minimum Gasteiger partial charge on any atom is -0.622 e. The van der Waals surface area contributed by atoms with E-state index in [1.165, 1.54) is 0 Å². The van der Waals surface area contributed by atoms with E-state index in [1.807, 2.05) is 69.6 Å². The molecule has 2 heterocycles. The van der Waals surface area contributed by atoms with Gasteiger partial charge in [-0.05, 0) is 6.07 Å². The molecule has 1 atom stereocenters. The molecule has 0 amide bonds. The van der Waals surface area contributed by atoms with E-state index in [9.17, 15) is 5.21 Å². The molecule has 3 aromatic rings. The van der Waals surface area contributed by atoms with Crippen LogP contribution in [0.2, 0.25) is 0 Å². The van der Waals surface area contributed by atoms with Crippen molar-refractivity contribution in [3.63, 3.8) is 0 Å². The van der Waals surface area contributed by atoms with E-state index in [2.05, 4.69) is 16.7 Å². The molecule has 0 saturated carbocycles. The van der Waals surface area contributed by atoms with Crippen LogP contribution in [0.1, 0.15) is 31.4 Å². The number of hydroxylamine groups is 1. The Hall–Kier alpha value is -2.88. The van der Waals surface area contributed by atoms with Gasteiger partial charge in [-0.2, -0.15) is 4.74 Å². The van der Waals surface area contributed by atoms with Crippen LogP contribution in [0.4, 0.5) is 0 Å². The van der Waals surface area contributed by atoms with Crippen molar-refractivity contribution in [1.82, 2.24) is 4.57 Å². The van der Waals surface area contributed by atoms with Gasteiger partial charge in [0, 0.05) is 43.1 Å². The monoisotopic (exact) mass is 331 g/mol. The summed E-state index contributed by atoms with van der Waals surface area (Å²) in [6.45, 7) is 3.91. The molecule has 0 saturated heterocycles. The Bertz CT molecular complexity index is 1010. The summed E-state index contributed by atoms with van der Waals surface area (Å²) in [4.78, 5) is 4.85. The zero-order chi connectivity index (χ0) is 17.6. The number of aliphatic imine (C=N–C) groups is 1. The maximum Gasteiger partial charge on any atom is 0.263 e. The lowest BCUT2D eigenvalue weighted by Gasteiger charge is -2.19. The van der Waals surface area contributed by atoms with Gasteiger partial charge in [0.2, 0.25) is 5.71 Å². The molecule has 25 heavy (non-hydrogen) atoms. The van der Waals surface area contributed by atoms with E-state index in [0.717, 1.165) is 32.5 Å². The fourth-order valence-electron chi connectivity index (χ4n) is 3.46. The van der Waals surface area contributed by atoms with Gasteiger partial charge in [0.05, 0.1) is 5.56 Å². The van der Waals surface area contributed by atoms with Gasteiger partial charge in [-0.15, -0.1) is 0 Å². The van der Waals surface area contributed by atoms with Crippen molar-refractivity contribution in [3.05, 3.63) is 77.1 Å². The molecule has 0 spiro atoms. The summed E-state index contributed by atoms with van der Waals surface area (Å²) in [6, 6.07) is 18.1. The van der Waals surface area contributed by atoms with Gasteiger partial charge in [-0.25, -0.2) is 4.99 Å². The third-order valence-electron chi connectivity index (χ3n) is 5.09. The minimum absolute atomic E-state index is 0.654. The van der Waals surface area contributed by atoms with E-state index in [4.69, 9.17) is 4.99 Å². The fraction of sp³-hybridized carbons (Fsp3) is 0.238. The Morgan fingerprint density at radius 3 is 2.48 bits per heavy atom. The SMILES string of the molecule is CCC1(C)N=C(c2ccccc2)C(c2cn(C)c3ccccc23)=[N+]1[O-]. The number of aromatic nitrogens is 1. The molecule has 4 rings (SSSR count). The summed E-state index contributed by atoms with van der Waals surface area (Å²) in [6.07, 6.45) is 2.69. The summed E-state index contributed by atoms with van der Waals surface area (Å²) in [7, 11) is 2.01. The van der Waals surface area contributed by atoms with Gasteiger partial charge in [0.15, 0.2) is 0 Å². The third kappa shape index (κ3) is 2.29. The standard InChI is InChI=1S/C21H21N3O/c1-4-21(2)22-19(15-10-6-5-7-11-15)20(24(21)25)17-14-23(3)18-13-9-8-12-16(17)18/h5-14H,4H2,1-3H3. The van der Waals surface area contributed by atoms with Gasteiger partial charge in [-0.3, -0.25) is 0 Å². The summed E-state index contributed by atoms with van der Waals surface area (Å²) < 4.78 is 3.16. The Morgan fingerprint density at radius 1 is 1.08 bits per heavy atom. The minimum atomic E-state index is -0.766. The second kappa shape index (κ2) is 5.59. The molecule has 4 heteroatoms. The first-order valence-corrected chi connectivity index (χ1v) is 8.59. The molecule has 1 aliphatic rings. The highest BCUT2D eigenvalue weighted by molar-refractivity contribution is 6.54. The first-order chi connectivity index (χ1) is 12.0. The molecule has 1 aliphatic heterocycles. The quantitative estimate of drug-likeness (QED) is 0.526. The molecule has 0 N–H and O–H groups in total. The zero-order valence-electron chi connectivity index (χ0n) is 14.7. The van der Waals surface area contributed by atoms with Crippen LogP contribution in [0.5, 0.6) is 0 Å². The lowest BCUT2D eigenvalue weighted by atomic mass is 9.99. The zero-order valence-corrected chi connectivity index (χ0v) is 14.7. The molecular weight excluding hydrogens is 310 g/mol. The molecule has 1 unspecified atom stereocenters. The number of rotatable bonds is 3. The van der Waals surface area contributed by atoms with Crippen LogP contribution in [0.25, 0.3) is 10.9 Å². The highest BCUT2D eigenvalue weighted by Crippen LogP contribution is 2.30. The summed E-state index contributed by atoms with van der Waals surface area (Å²) in [5.74, 6) is 0. The van der Waals surface area contributed by atoms with E-state index < -0.39 is 5.66 Å². The highest BCUT2D eigenvalue weighted by atomic mass is 16.5. The normalized spacial score (nSPS) is 20.4. The average Bonchev–Trinajstić information content (AvgIpc) is 3.11. The first-order valence-electron chi connectivity index (χ1n) is 8.59. The van der Waals surface area contributed by atoms with E-state index in [-0.39, 0.29) is 0 Å². The maximum absolute atomic E-state index is 13.3. The summed E-state index contributed by atoms with van der Waals surface area (Å²) >= 11 is 0. The van der Waals surface area contributed by atoms with Gasteiger partial charge < -0.3 is 9.77 Å². The topological polar surface area (TPSA) is 43.4 Å². The van der Waals surface area contributed by atoms with Crippen molar-refractivity contribution in [2.24, 2.45) is 12.0 Å². The molecule has 0 bridgehead atoms. The Balaban J connectivity index is 2.01. The molecule has 0 fully saturated rings.